The van der Waals surface area contributed by atoms with Crippen LogP contribution in [0.5, 0.6) is 0 Å². The molecule has 3 rings (SSSR count). The second-order valence-corrected chi connectivity index (χ2v) is 4.40. The largest absolute Gasteiger partial charge is 0.351 e. The van der Waals surface area contributed by atoms with Crippen LogP contribution in [0.15, 0.2) is 30.7 Å². The lowest BCUT2D eigenvalue weighted by Crippen LogP contribution is -1.80. The number of hydrogen-bond donors (Lipinski definition) is 1. The van der Waals surface area contributed by atoms with E-state index in [0.29, 0.717) is 0 Å². The summed E-state index contributed by atoms with van der Waals surface area (Å²) in [5, 5.41) is 0.800. The Morgan fingerprint density at radius 1 is 1.31 bits per heavy atom. The highest BCUT2D eigenvalue weighted by molar-refractivity contribution is 6.30. The van der Waals surface area contributed by atoms with E-state index in [1.165, 1.54) is 16.7 Å². The topological polar surface area (TPSA) is 28.7 Å². The lowest BCUT2D eigenvalue weighted by atomic mass is 10.1. The van der Waals surface area contributed by atoms with E-state index in [4.69, 9.17) is 11.6 Å². The average molecular weight is 231 g/mol. The van der Waals surface area contributed by atoms with Crippen molar-refractivity contribution in [3.05, 3.63) is 52.6 Å². The fraction of sp³-hybridized carbons (Fsp3) is 0.154. The molecule has 0 atom stereocenters. The van der Waals surface area contributed by atoms with Gasteiger partial charge < -0.3 is 4.98 Å². The molecule has 1 aliphatic carbocycles. The highest BCUT2D eigenvalue weighted by Crippen LogP contribution is 2.34. The van der Waals surface area contributed by atoms with Crippen LogP contribution >= 0.6 is 11.6 Å². The van der Waals surface area contributed by atoms with Crippen LogP contribution in [0.2, 0.25) is 5.02 Å². The molecular formula is C13H11ClN2. The lowest BCUT2D eigenvalue weighted by molar-refractivity contribution is 1.08. The number of allylic oxidation sites excluding steroid dienone is 1. The molecule has 0 unspecified atom stereocenters. The number of aryl methyl sites for hydroxylation is 1. The number of hydrogen-bond acceptors (Lipinski definition) is 1. The average Bonchev–Trinajstić information content (AvgIpc) is 2.90. The number of nitrogens with one attached hydrogen (secondary N) is 1. The maximum atomic E-state index is 6.02. The first-order valence-corrected chi connectivity index (χ1v) is 5.69. The maximum absolute atomic E-state index is 6.02. The monoisotopic (exact) mass is 230 g/mol. The number of aromatic nitrogens is 2. The van der Waals surface area contributed by atoms with Gasteiger partial charge in [-0.3, -0.25) is 0 Å². The van der Waals surface area contributed by atoms with Gasteiger partial charge in [0.2, 0.25) is 0 Å². The molecule has 0 spiro atoms. The van der Waals surface area contributed by atoms with Crippen LogP contribution in [0.25, 0.3) is 11.6 Å². The van der Waals surface area contributed by atoms with Gasteiger partial charge in [0.05, 0.1) is 12.0 Å². The summed E-state index contributed by atoms with van der Waals surface area (Å²) < 4.78 is 0. The minimum Gasteiger partial charge on any atom is -0.351 e. The summed E-state index contributed by atoms with van der Waals surface area (Å²) in [7, 11) is 0. The van der Waals surface area contributed by atoms with E-state index in [9.17, 15) is 0 Å². The van der Waals surface area contributed by atoms with Crippen LogP contribution in [0.1, 0.15) is 23.2 Å². The van der Waals surface area contributed by atoms with Gasteiger partial charge in [-0.2, -0.15) is 0 Å². The summed E-state index contributed by atoms with van der Waals surface area (Å²) in [5.74, 6) is 0. The number of H-pyrrole nitrogens is 1. The molecule has 80 valence electrons. The van der Waals surface area contributed by atoms with E-state index in [-0.39, 0.29) is 0 Å². The zero-order valence-corrected chi connectivity index (χ0v) is 9.46. The third kappa shape index (κ3) is 1.65. The van der Waals surface area contributed by atoms with Crippen LogP contribution in [0.4, 0.5) is 0 Å². The minimum atomic E-state index is 0.800. The van der Waals surface area contributed by atoms with Crippen LogP contribution in [0, 0.1) is 0 Å². The summed E-state index contributed by atoms with van der Waals surface area (Å²) in [4.78, 5) is 7.17. The normalized spacial score (nSPS) is 16.7. The van der Waals surface area contributed by atoms with Gasteiger partial charge in [-0.05, 0) is 47.8 Å². The molecule has 16 heavy (non-hydrogen) atoms. The van der Waals surface area contributed by atoms with Gasteiger partial charge in [-0.1, -0.05) is 17.7 Å². The van der Waals surface area contributed by atoms with Crippen molar-refractivity contribution in [3.63, 3.8) is 0 Å². The SMILES string of the molecule is Clc1ccc2c(c1)/C(=C\c1c[nH]cn1)CC2. The quantitative estimate of drug-likeness (QED) is 0.798. The van der Waals surface area contributed by atoms with Gasteiger partial charge in [0.25, 0.3) is 0 Å². The predicted octanol–water partition coefficient (Wildman–Crippen LogP) is 3.55. The van der Waals surface area contributed by atoms with Gasteiger partial charge in [-0.15, -0.1) is 0 Å². The first-order valence-electron chi connectivity index (χ1n) is 5.31. The number of imidazole rings is 1. The van der Waals surface area contributed by atoms with Crippen molar-refractivity contribution in [2.75, 3.05) is 0 Å². The van der Waals surface area contributed by atoms with Crippen LogP contribution in [0.3, 0.4) is 0 Å². The molecule has 0 aliphatic heterocycles. The van der Waals surface area contributed by atoms with Gasteiger partial charge in [0.15, 0.2) is 0 Å². The Labute approximate surface area is 99.0 Å². The van der Waals surface area contributed by atoms with Crippen molar-refractivity contribution in [3.8, 4) is 0 Å². The fourth-order valence-corrected chi connectivity index (χ4v) is 2.32. The standard InChI is InChI=1S/C13H11ClN2/c14-11-4-3-9-1-2-10(13(9)6-11)5-12-7-15-8-16-12/h3-8H,1-2H2,(H,15,16)/b10-5-. The van der Waals surface area contributed by atoms with E-state index in [1.54, 1.807) is 6.33 Å². The molecule has 2 aromatic rings. The molecule has 0 saturated heterocycles. The number of benzene rings is 1. The molecule has 1 aromatic carbocycles. The van der Waals surface area contributed by atoms with Gasteiger partial charge in [-0.25, -0.2) is 4.98 Å². The van der Waals surface area contributed by atoms with Crippen LogP contribution in [-0.4, -0.2) is 9.97 Å². The zero-order chi connectivity index (χ0) is 11.0. The fourth-order valence-electron chi connectivity index (χ4n) is 2.15. The molecule has 1 aliphatic rings. The zero-order valence-electron chi connectivity index (χ0n) is 8.70. The first-order chi connectivity index (χ1) is 7.83. The third-order valence-electron chi connectivity index (χ3n) is 2.92. The van der Waals surface area contributed by atoms with E-state index < -0.39 is 0 Å². The lowest BCUT2D eigenvalue weighted by Gasteiger charge is -2.00. The molecule has 0 radical (unpaired) electrons. The Bertz CT molecular complexity index is 541. The van der Waals surface area contributed by atoms with Gasteiger partial charge in [0.1, 0.15) is 0 Å². The number of fused-ring (bicyclic) bond motifs is 1. The summed E-state index contributed by atoms with van der Waals surface area (Å²) in [6, 6.07) is 6.11. The summed E-state index contributed by atoms with van der Waals surface area (Å²) in [6.07, 6.45) is 7.89. The van der Waals surface area contributed by atoms with Gasteiger partial charge >= 0.3 is 0 Å². The Hall–Kier alpha value is -1.54. The predicted molar refractivity (Wildman–Crippen MR) is 66.2 cm³/mol. The molecular weight excluding hydrogens is 220 g/mol. The van der Waals surface area contributed by atoms with Gasteiger partial charge in [0, 0.05) is 11.2 Å². The Kier molecular flexibility index (Phi) is 2.29. The second kappa shape index (κ2) is 3.80. The summed E-state index contributed by atoms with van der Waals surface area (Å²) in [5.41, 5.74) is 4.95. The van der Waals surface area contributed by atoms with Crippen molar-refractivity contribution < 1.29 is 0 Å². The highest BCUT2D eigenvalue weighted by Gasteiger charge is 2.16. The first kappa shape index (κ1) is 9.67. The van der Waals surface area contributed by atoms with Crippen molar-refractivity contribution in [1.29, 1.82) is 0 Å². The molecule has 1 N–H and O–H groups in total. The van der Waals surface area contributed by atoms with Crippen molar-refractivity contribution in [1.82, 2.24) is 9.97 Å². The van der Waals surface area contributed by atoms with Crippen molar-refractivity contribution >= 4 is 23.3 Å². The minimum absolute atomic E-state index is 0.800. The van der Waals surface area contributed by atoms with E-state index >= 15 is 0 Å². The second-order valence-electron chi connectivity index (χ2n) is 3.97. The summed E-state index contributed by atoms with van der Waals surface area (Å²) in [6.45, 7) is 0. The van der Waals surface area contributed by atoms with E-state index in [2.05, 4.69) is 22.1 Å². The molecule has 0 amide bonds. The molecule has 3 heteroatoms. The molecule has 2 nitrogen and oxygen atoms in total. The molecule has 0 fully saturated rings. The molecule has 0 bridgehead atoms. The van der Waals surface area contributed by atoms with E-state index in [0.717, 1.165) is 23.6 Å². The van der Waals surface area contributed by atoms with Crippen LogP contribution < -0.4 is 0 Å². The number of nitrogens with zero attached hydrogens (tertiary/aromatic N) is 1. The number of aromatic amines is 1. The maximum Gasteiger partial charge on any atom is 0.0927 e. The van der Waals surface area contributed by atoms with Crippen molar-refractivity contribution in [2.45, 2.75) is 12.8 Å². The smallest absolute Gasteiger partial charge is 0.0927 e. The van der Waals surface area contributed by atoms with Crippen LogP contribution in [-0.2, 0) is 6.42 Å². The van der Waals surface area contributed by atoms with E-state index in [1.807, 2.05) is 18.3 Å². The third-order valence-corrected chi connectivity index (χ3v) is 3.16. The highest BCUT2D eigenvalue weighted by atomic mass is 35.5. The number of rotatable bonds is 1. The summed E-state index contributed by atoms with van der Waals surface area (Å²) >= 11 is 6.02. The molecule has 1 heterocycles. The molecule has 0 saturated carbocycles. The Balaban J connectivity index is 2.05. The molecule has 1 aromatic heterocycles. The van der Waals surface area contributed by atoms with Crippen molar-refractivity contribution in [2.24, 2.45) is 0 Å². The Morgan fingerprint density at radius 2 is 2.25 bits per heavy atom. The Morgan fingerprint density at radius 3 is 3.06 bits per heavy atom. The number of halogens is 1.